The van der Waals surface area contributed by atoms with Crippen molar-refractivity contribution in [1.29, 1.82) is 0 Å². The summed E-state index contributed by atoms with van der Waals surface area (Å²) in [7, 11) is -2.58. The van der Waals surface area contributed by atoms with Crippen molar-refractivity contribution in [1.82, 2.24) is 5.32 Å². The van der Waals surface area contributed by atoms with Crippen molar-refractivity contribution in [2.45, 2.75) is 39.7 Å². The van der Waals surface area contributed by atoms with Crippen LogP contribution in [0.15, 0.2) is 23.8 Å². The molecule has 0 bridgehead atoms. The van der Waals surface area contributed by atoms with Gasteiger partial charge in [-0.2, -0.15) is 0 Å². The zero-order valence-electron chi connectivity index (χ0n) is 13.3. The molecule has 1 aliphatic rings. The van der Waals surface area contributed by atoms with Crippen LogP contribution in [0.25, 0.3) is 0 Å². The highest BCUT2D eigenvalue weighted by atomic mass is 28.4. The molecule has 0 heterocycles. The van der Waals surface area contributed by atoms with E-state index in [0.29, 0.717) is 26.4 Å². The quantitative estimate of drug-likeness (QED) is 0.470. The molecule has 5 nitrogen and oxygen atoms in total. The van der Waals surface area contributed by atoms with E-state index in [1.54, 1.807) is 0 Å². The summed E-state index contributed by atoms with van der Waals surface area (Å²) < 4.78 is 17.3. The van der Waals surface area contributed by atoms with Gasteiger partial charge in [-0.3, -0.25) is 4.79 Å². The Morgan fingerprint density at radius 1 is 1.19 bits per heavy atom. The smallest absolute Gasteiger partial charge is 0.374 e. The Bertz CT molecular complexity index is 365. The van der Waals surface area contributed by atoms with Gasteiger partial charge >= 0.3 is 8.80 Å². The van der Waals surface area contributed by atoms with E-state index in [4.69, 9.17) is 13.3 Å². The normalized spacial score (nSPS) is 14.3. The molecule has 0 saturated heterocycles. The fourth-order valence-corrected chi connectivity index (χ4v) is 4.85. The Balaban J connectivity index is 2.36. The molecule has 0 unspecified atom stereocenters. The van der Waals surface area contributed by atoms with Crippen molar-refractivity contribution in [3.63, 3.8) is 0 Å². The second-order valence-electron chi connectivity index (χ2n) is 4.67. The fraction of sp³-hybridized carbons (Fsp3) is 0.667. The van der Waals surface area contributed by atoms with E-state index in [1.807, 2.05) is 39.0 Å². The number of amides is 1. The third-order valence-corrected chi connectivity index (χ3v) is 6.25. The van der Waals surface area contributed by atoms with Crippen molar-refractivity contribution in [2.75, 3.05) is 26.4 Å². The molecule has 0 aliphatic heterocycles. The number of carbonyl (C=O) groups excluding carboxylic acids is 1. The lowest BCUT2D eigenvalue weighted by Crippen LogP contribution is -2.46. The van der Waals surface area contributed by atoms with Crippen molar-refractivity contribution >= 4 is 14.7 Å². The molecule has 1 aliphatic carbocycles. The van der Waals surface area contributed by atoms with Crippen LogP contribution in [-0.4, -0.2) is 41.1 Å². The predicted molar refractivity (Wildman–Crippen MR) is 84.9 cm³/mol. The molecule has 1 rings (SSSR count). The minimum atomic E-state index is -2.58. The molecule has 21 heavy (non-hydrogen) atoms. The first kappa shape index (κ1) is 18.1. The first-order valence-corrected chi connectivity index (χ1v) is 9.66. The summed E-state index contributed by atoms with van der Waals surface area (Å²) in [6.07, 6.45) is 7.26. The van der Waals surface area contributed by atoms with Gasteiger partial charge in [-0.25, -0.2) is 0 Å². The van der Waals surface area contributed by atoms with Gasteiger partial charge in [0.1, 0.15) is 0 Å². The van der Waals surface area contributed by atoms with Crippen molar-refractivity contribution in [2.24, 2.45) is 0 Å². The summed E-state index contributed by atoms with van der Waals surface area (Å²) in [4.78, 5) is 11.8. The Hall–Kier alpha value is -0.953. The van der Waals surface area contributed by atoms with Gasteiger partial charge < -0.3 is 18.6 Å². The summed E-state index contributed by atoms with van der Waals surface area (Å²) in [6.45, 7) is 8.19. The van der Waals surface area contributed by atoms with E-state index in [-0.39, 0.29) is 5.91 Å². The van der Waals surface area contributed by atoms with Crippen molar-refractivity contribution in [3.8, 4) is 0 Å². The van der Waals surface area contributed by atoms with Crippen LogP contribution in [0.1, 0.15) is 33.6 Å². The van der Waals surface area contributed by atoms with Gasteiger partial charge in [-0.05, 0) is 33.6 Å². The molecule has 0 saturated carbocycles. The maximum atomic E-state index is 11.8. The van der Waals surface area contributed by atoms with Gasteiger partial charge in [0.25, 0.3) is 0 Å². The Morgan fingerprint density at radius 2 is 1.81 bits per heavy atom. The first-order valence-electron chi connectivity index (χ1n) is 7.73. The molecule has 0 fully saturated rings. The van der Waals surface area contributed by atoms with E-state index >= 15 is 0 Å². The average Bonchev–Trinajstić information content (AvgIpc) is 2.98. The van der Waals surface area contributed by atoms with Crippen LogP contribution in [0.3, 0.4) is 0 Å². The highest BCUT2D eigenvalue weighted by molar-refractivity contribution is 6.60. The summed E-state index contributed by atoms with van der Waals surface area (Å²) in [6, 6.07) is 0.722. The van der Waals surface area contributed by atoms with Crippen LogP contribution in [-0.2, 0) is 18.1 Å². The molecular weight excluding hydrogens is 286 g/mol. The summed E-state index contributed by atoms with van der Waals surface area (Å²) in [5, 5.41) is 2.93. The van der Waals surface area contributed by atoms with E-state index < -0.39 is 8.80 Å². The minimum Gasteiger partial charge on any atom is -0.374 e. The third kappa shape index (κ3) is 6.13. The molecule has 0 radical (unpaired) electrons. The number of carbonyl (C=O) groups is 1. The Morgan fingerprint density at radius 3 is 2.29 bits per heavy atom. The summed E-state index contributed by atoms with van der Waals surface area (Å²) in [5.41, 5.74) is 0.818. The molecule has 1 N–H and O–H groups in total. The molecule has 0 atom stereocenters. The summed E-state index contributed by atoms with van der Waals surface area (Å²) in [5.74, 6) is 0.0106. The standard InChI is InChI=1S/C15H27NO4Si/c1-4-18-21(19-5-2,20-6-3)13-9-12-16-15(17)14-10-7-8-11-14/h7-8,10H,4-6,9,11-13H2,1-3H3,(H,16,17). The van der Waals surface area contributed by atoms with Gasteiger partial charge in [-0.1, -0.05) is 18.2 Å². The van der Waals surface area contributed by atoms with Crippen LogP contribution in [0.2, 0.25) is 6.04 Å². The number of rotatable bonds is 11. The van der Waals surface area contributed by atoms with Crippen LogP contribution in [0.4, 0.5) is 0 Å². The van der Waals surface area contributed by atoms with Gasteiger partial charge in [-0.15, -0.1) is 0 Å². The van der Waals surface area contributed by atoms with Crippen LogP contribution in [0, 0.1) is 0 Å². The van der Waals surface area contributed by atoms with Gasteiger partial charge in [0.05, 0.1) is 0 Å². The van der Waals surface area contributed by atoms with E-state index in [9.17, 15) is 4.79 Å². The molecule has 0 aromatic heterocycles. The highest BCUT2D eigenvalue weighted by Gasteiger charge is 2.39. The van der Waals surface area contributed by atoms with Gasteiger partial charge in [0.2, 0.25) is 5.91 Å². The van der Waals surface area contributed by atoms with Crippen molar-refractivity contribution < 1.29 is 18.1 Å². The van der Waals surface area contributed by atoms with Crippen LogP contribution < -0.4 is 5.32 Å². The lowest BCUT2D eigenvalue weighted by molar-refractivity contribution is -0.117. The SMILES string of the molecule is CCO[Si](CCCNC(=O)C1=CC=CC1)(OCC)OCC. The zero-order chi connectivity index (χ0) is 15.6. The zero-order valence-corrected chi connectivity index (χ0v) is 14.3. The number of hydrogen-bond donors (Lipinski definition) is 1. The number of nitrogens with one attached hydrogen (secondary N) is 1. The molecular formula is C15H27NO4Si. The molecule has 120 valence electrons. The van der Waals surface area contributed by atoms with Crippen LogP contribution in [0.5, 0.6) is 0 Å². The van der Waals surface area contributed by atoms with Crippen LogP contribution >= 0.6 is 0 Å². The van der Waals surface area contributed by atoms with E-state index in [0.717, 1.165) is 24.5 Å². The fourth-order valence-electron chi connectivity index (χ4n) is 2.24. The topological polar surface area (TPSA) is 56.8 Å². The monoisotopic (exact) mass is 313 g/mol. The Kier molecular flexibility index (Phi) is 8.52. The molecule has 0 aromatic carbocycles. The van der Waals surface area contributed by atoms with E-state index in [1.165, 1.54) is 0 Å². The lowest BCUT2D eigenvalue weighted by Gasteiger charge is -2.28. The Labute approximate surface area is 128 Å². The third-order valence-electron chi connectivity index (χ3n) is 3.10. The van der Waals surface area contributed by atoms with Gasteiger partial charge in [0, 0.05) is 38.0 Å². The first-order chi connectivity index (χ1) is 10.2. The molecule has 1 amide bonds. The summed E-state index contributed by atoms with van der Waals surface area (Å²) >= 11 is 0. The number of allylic oxidation sites excluding steroid dienone is 3. The average molecular weight is 313 g/mol. The highest BCUT2D eigenvalue weighted by Crippen LogP contribution is 2.18. The maximum Gasteiger partial charge on any atom is 0.500 e. The molecule has 0 spiro atoms. The minimum absolute atomic E-state index is 0.0106. The molecule has 6 heteroatoms. The largest absolute Gasteiger partial charge is 0.500 e. The number of hydrogen-bond acceptors (Lipinski definition) is 4. The predicted octanol–water partition coefficient (Wildman–Crippen LogP) is 2.43. The maximum absolute atomic E-state index is 11.8. The van der Waals surface area contributed by atoms with Crippen molar-refractivity contribution in [3.05, 3.63) is 23.8 Å². The molecule has 0 aromatic rings. The van der Waals surface area contributed by atoms with Gasteiger partial charge in [0.15, 0.2) is 0 Å². The lowest BCUT2D eigenvalue weighted by atomic mass is 10.2. The second kappa shape index (κ2) is 9.89. The second-order valence-corrected chi connectivity index (χ2v) is 7.40. The van der Waals surface area contributed by atoms with E-state index in [2.05, 4.69) is 5.32 Å².